The van der Waals surface area contributed by atoms with Gasteiger partial charge in [0.05, 0.1) is 23.6 Å². The fourth-order valence-electron chi connectivity index (χ4n) is 3.34. The molecule has 0 radical (unpaired) electrons. The van der Waals surface area contributed by atoms with Crippen LogP contribution in [0, 0.1) is 19.7 Å². The van der Waals surface area contributed by atoms with Crippen LogP contribution in [-0.2, 0) is 21.4 Å². The zero-order chi connectivity index (χ0) is 20.5. The van der Waals surface area contributed by atoms with Gasteiger partial charge in [-0.25, -0.2) is 12.8 Å². The lowest BCUT2D eigenvalue weighted by molar-refractivity contribution is -0.116. The van der Waals surface area contributed by atoms with Gasteiger partial charge in [0.15, 0.2) is 0 Å². The number of amides is 1. The van der Waals surface area contributed by atoms with E-state index in [1.807, 2.05) is 0 Å². The van der Waals surface area contributed by atoms with Crippen LogP contribution in [0.15, 0.2) is 27.6 Å². The van der Waals surface area contributed by atoms with Crippen LogP contribution in [0.5, 0.6) is 0 Å². The summed E-state index contributed by atoms with van der Waals surface area (Å²) in [5.74, 6) is -0.912. The Bertz CT molecular complexity index is 1000. The summed E-state index contributed by atoms with van der Waals surface area (Å²) in [4.78, 5) is 12.4. The molecule has 1 amide bonds. The van der Waals surface area contributed by atoms with E-state index in [9.17, 15) is 17.6 Å². The fraction of sp³-hybridized carbons (Fsp3) is 0.444. The Balaban J connectivity index is 1.70. The summed E-state index contributed by atoms with van der Waals surface area (Å²) >= 11 is 3.16. The summed E-state index contributed by atoms with van der Waals surface area (Å²) in [6, 6.07) is 4.38. The Kier molecular flexibility index (Phi) is 6.21. The topological polar surface area (TPSA) is 84.3 Å². The number of nitrogens with one attached hydrogen (secondary N) is 1. The number of halogens is 2. The third kappa shape index (κ3) is 4.28. The third-order valence-electron chi connectivity index (χ3n) is 4.73. The molecule has 0 aliphatic carbocycles. The van der Waals surface area contributed by atoms with Crippen molar-refractivity contribution < 1.29 is 17.6 Å². The van der Waals surface area contributed by atoms with Gasteiger partial charge < -0.3 is 5.32 Å². The third-order valence-corrected chi connectivity index (χ3v) is 7.38. The van der Waals surface area contributed by atoms with Crippen molar-refractivity contribution in [1.29, 1.82) is 0 Å². The summed E-state index contributed by atoms with van der Waals surface area (Å²) in [7, 11) is -3.58. The van der Waals surface area contributed by atoms with E-state index in [-0.39, 0.29) is 29.5 Å². The minimum absolute atomic E-state index is 0.0423. The van der Waals surface area contributed by atoms with Crippen LogP contribution in [0.1, 0.15) is 30.7 Å². The van der Waals surface area contributed by atoms with Crippen LogP contribution in [0.4, 0.5) is 10.1 Å². The average Bonchev–Trinajstić information content (AvgIpc) is 3.24. The van der Waals surface area contributed by atoms with E-state index in [4.69, 9.17) is 0 Å². The minimum Gasteiger partial charge on any atom is -0.324 e. The van der Waals surface area contributed by atoms with Crippen molar-refractivity contribution in [3.63, 3.8) is 0 Å². The zero-order valence-electron chi connectivity index (χ0n) is 15.7. The predicted molar refractivity (Wildman–Crippen MR) is 107 cm³/mol. The van der Waals surface area contributed by atoms with Crippen molar-refractivity contribution in [2.75, 3.05) is 18.4 Å². The number of aromatic nitrogens is 2. The lowest BCUT2D eigenvalue weighted by Gasteiger charge is -2.15. The number of carbonyl (C=O) groups excluding carboxylic acids is 1. The Morgan fingerprint density at radius 1 is 1.29 bits per heavy atom. The van der Waals surface area contributed by atoms with E-state index < -0.39 is 15.8 Å². The highest BCUT2D eigenvalue weighted by atomic mass is 79.9. The number of hydrogen-bond acceptors (Lipinski definition) is 4. The predicted octanol–water partition coefficient (Wildman–Crippen LogP) is 3.21. The number of carbonyl (C=O) groups is 1. The maximum atomic E-state index is 13.8. The first-order chi connectivity index (χ1) is 13.2. The van der Waals surface area contributed by atoms with Crippen molar-refractivity contribution in [3.05, 3.63) is 39.9 Å². The number of benzene rings is 1. The molecule has 7 nitrogen and oxygen atoms in total. The van der Waals surface area contributed by atoms with Gasteiger partial charge in [-0.1, -0.05) is 15.9 Å². The first-order valence-corrected chi connectivity index (χ1v) is 11.2. The number of rotatable bonds is 6. The second-order valence-corrected chi connectivity index (χ2v) is 9.55. The maximum Gasteiger partial charge on any atom is 0.246 e. The minimum atomic E-state index is -3.58. The van der Waals surface area contributed by atoms with Gasteiger partial charge >= 0.3 is 0 Å². The van der Waals surface area contributed by atoms with Gasteiger partial charge in [0.25, 0.3) is 0 Å². The number of sulfonamides is 1. The SMILES string of the molecule is Cc1nn(CCC(=O)Nc2ccc(Br)cc2F)c(C)c1S(=O)(=O)N1CCCC1. The van der Waals surface area contributed by atoms with Gasteiger partial charge in [0.1, 0.15) is 10.7 Å². The van der Waals surface area contributed by atoms with Crippen LogP contribution >= 0.6 is 15.9 Å². The number of hydrogen-bond donors (Lipinski definition) is 1. The molecular formula is C18H22BrFN4O3S. The second-order valence-electron chi connectivity index (χ2n) is 6.76. The van der Waals surface area contributed by atoms with Gasteiger partial charge in [-0.05, 0) is 44.9 Å². The van der Waals surface area contributed by atoms with Gasteiger partial charge in [-0.15, -0.1) is 0 Å². The molecule has 2 aromatic rings. The van der Waals surface area contributed by atoms with Crippen molar-refractivity contribution in [2.45, 2.75) is 44.6 Å². The molecule has 0 spiro atoms. The van der Waals surface area contributed by atoms with Gasteiger partial charge in [-0.2, -0.15) is 9.40 Å². The van der Waals surface area contributed by atoms with E-state index >= 15 is 0 Å². The molecule has 10 heteroatoms. The first kappa shape index (κ1) is 20.9. The lowest BCUT2D eigenvalue weighted by atomic mass is 10.3. The number of anilines is 1. The van der Waals surface area contributed by atoms with Gasteiger partial charge in [0, 0.05) is 24.0 Å². The molecule has 1 aromatic heterocycles. The van der Waals surface area contributed by atoms with Crippen LogP contribution < -0.4 is 5.32 Å². The lowest BCUT2D eigenvalue weighted by Crippen LogP contribution is -2.28. The summed E-state index contributed by atoms with van der Waals surface area (Å²) in [5, 5.41) is 6.83. The summed E-state index contributed by atoms with van der Waals surface area (Å²) in [5.41, 5.74) is 1.02. The Morgan fingerprint density at radius 2 is 1.96 bits per heavy atom. The first-order valence-electron chi connectivity index (χ1n) is 8.99. The smallest absolute Gasteiger partial charge is 0.246 e. The average molecular weight is 473 g/mol. The molecule has 1 aliphatic rings. The molecule has 1 N–H and O–H groups in total. The molecule has 152 valence electrons. The van der Waals surface area contributed by atoms with E-state index in [0.717, 1.165) is 12.8 Å². The summed E-state index contributed by atoms with van der Waals surface area (Å²) in [6.45, 7) is 4.59. The van der Waals surface area contributed by atoms with Gasteiger partial charge in [0.2, 0.25) is 15.9 Å². The van der Waals surface area contributed by atoms with E-state index in [0.29, 0.717) is 29.0 Å². The quantitative estimate of drug-likeness (QED) is 0.699. The Labute approximate surface area is 172 Å². The van der Waals surface area contributed by atoms with Crippen molar-refractivity contribution in [3.8, 4) is 0 Å². The molecule has 0 atom stereocenters. The standard InChI is InChI=1S/C18H22BrFN4O3S/c1-12-18(28(26,27)23-8-3-4-9-23)13(2)24(22-12)10-7-17(25)21-16-6-5-14(19)11-15(16)20/h5-6,11H,3-4,7-10H2,1-2H3,(H,21,25). The molecule has 3 rings (SSSR count). The Morgan fingerprint density at radius 3 is 2.61 bits per heavy atom. The molecule has 1 saturated heterocycles. The number of aryl methyl sites for hydroxylation is 2. The molecular weight excluding hydrogens is 451 g/mol. The van der Waals surface area contributed by atoms with Crippen molar-refractivity contribution in [1.82, 2.24) is 14.1 Å². The maximum absolute atomic E-state index is 13.8. The number of nitrogens with zero attached hydrogens (tertiary/aromatic N) is 3. The summed E-state index contributed by atoms with van der Waals surface area (Å²) < 4.78 is 43.2. The Hall–Kier alpha value is -1.78. The van der Waals surface area contributed by atoms with E-state index in [1.165, 1.54) is 21.1 Å². The highest BCUT2D eigenvalue weighted by molar-refractivity contribution is 9.10. The van der Waals surface area contributed by atoms with Crippen LogP contribution in [0.25, 0.3) is 0 Å². The molecule has 2 heterocycles. The van der Waals surface area contributed by atoms with Crippen LogP contribution in [0.2, 0.25) is 0 Å². The highest BCUT2D eigenvalue weighted by Crippen LogP contribution is 2.26. The normalized spacial score (nSPS) is 15.1. The van der Waals surface area contributed by atoms with Crippen LogP contribution in [0.3, 0.4) is 0 Å². The molecule has 0 saturated carbocycles. The van der Waals surface area contributed by atoms with Crippen LogP contribution in [-0.4, -0.2) is 41.5 Å². The molecule has 1 fully saturated rings. The molecule has 28 heavy (non-hydrogen) atoms. The highest BCUT2D eigenvalue weighted by Gasteiger charge is 2.32. The van der Waals surface area contributed by atoms with Crippen molar-refractivity contribution in [2.24, 2.45) is 0 Å². The molecule has 0 bridgehead atoms. The zero-order valence-corrected chi connectivity index (χ0v) is 18.1. The fourth-order valence-corrected chi connectivity index (χ4v) is 5.56. The molecule has 1 aliphatic heterocycles. The largest absolute Gasteiger partial charge is 0.324 e. The van der Waals surface area contributed by atoms with E-state index in [2.05, 4.69) is 26.3 Å². The second kappa shape index (κ2) is 8.30. The monoisotopic (exact) mass is 472 g/mol. The van der Waals surface area contributed by atoms with E-state index in [1.54, 1.807) is 19.9 Å². The molecule has 0 unspecified atom stereocenters. The summed E-state index contributed by atoms with van der Waals surface area (Å²) in [6.07, 6.45) is 1.76. The molecule has 1 aromatic carbocycles. The van der Waals surface area contributed by atoms with Gasteiger partial charge in [-0.3, -0.25) is 9.48 Å². The van der Waals surface area contributed by atoms with Crippen molar-refractivity contribution >= 4 is 37.5 Å².